The van der Waals surface area contributed by atoms with Crippen molar-refractivity contribution >= 4 is 5.82 Å². The van der Waals surface area contributed by atoms with Crippen molar-refractivity contribution in [3.8, 4) is 0 Å². The second-order valence-corrected chi connectivity index (χ2v) is 5.15. The maximum Gasteiger partial charge on any atom is 0.131 e. The van der Waals surface area contributed by atoms with Crippen LogP contribution in [0.1, 0.15) is 44.7 Å². The van der Waals surface area contributed by atoms with Gasteiger partial charge in [0, 0.05) is 25.3 Å². The molecule has 114 valence electrons. The Morgan fingerprint density at radius 1 is 1.30 bits per heavy atom. The maximum absolute atomic E-state index is 9.32. The van der Waals surface area contributed by atoms with Gasteiger partial charge in [0.1, 0.15) is 5.82 Å². The third kappa shape index (κ3) is 4.46. The minimum atomic E-state index is 0.163. The van der Waals surface area contributed by atoms with E-state index in [-0.39, 0.29) is 6.61 Å². The van der Waals surface area contributed by atoms with Crippen molar-refractivity contribution in [1.82, 2.24) is 10.3 Å². The number of aliphatic hydroxyl groups excluding tert-OH is 1. The number of nitrogens with one attached hydrogen (secondary N) is 1. The number of nitrogens with zero attached hydrogens (tertiary/aromatic N) is 2. The summed E-state index contributed by atoms with van der Waals surface area (Å²) < 4.78 is 0. The van der Waals surface area contributed by atoms with Crippen molar-refractivity contribution in [2.75, 3.05) is 24.6 Å². The van der Waals surface area contributed by atoms with Crippen molar-refractivity contribution < 1.29 is 5.11 Å². The van der Waals surface area contributed by atoms with Crippen LogP contribution < -0.4 is 10.2 Å². The highest BCUT2D eigenvalue weighted by atomic mass is 16.3. The number of hydrogen-bond donors (Lipinski definition) is 2. The van der Waals surface area contributed by atoms with Gasteiger partial charge in [0.05, 0.1) is 6.61 Å². The van der Waals surface area contributed by atoms with E-state index < -0.39 is 0 Å². The number of anilines is 1. The molecule has 0 atom stereocenters. The SMILES string of the molecule is CCNCc1cnc(N(CCO)C(CC)CC)c(C)c1. The molecule has 0 saturated heterocycles. The Labute approximate surface area is 123 Å². The summed E-state index contributed by atoms with van der Waals surface area (Å²) in [6.45, 7) is 11.2. The number of hydrogen-bond acceptors (Lipinski definition) is 4. The quantitative estimate of drug-likeness (QED) is 0.729. The minimum Gasteiger partial charge on any atom is -0.395 e. The van der Waals surface area contributed by atoms with Crippen molar-refractivity contribution in [2.24, 2.45) is 0 Å². The third-order valence-corrected chi connectivity index (χ3v) is 3.68. The Hall–Kier alpha value is -1.13. The van der Waals surface area contributed by atoms with Crippen molar-refractivity contribution in [2.45, 2.75) is 53.1 Å². The van der Waals surface area contributed by atoms with Gasteiger partial charge in [0.25, 0.3) is 0 Å². The molecule has 1 heterocycles. The van der Waals surface area contributed by atoms with E-state index in [0.717, 1.165) is 31.7 Å². The summed E-state index contributed by atoms with van der Waals surface area (Å²) in [5.74, 6) is 1.01. The fraction of sp³-hybridized carbons (Fsp3) is 0.688. The molecule has 0 radical (unpaired) electrons. The molecule has 0 spiro atoms. The normalized spacial score (nSPS) is 11.1. The topological polar surface area (TPSA) is 48.4 Å². The molecular weight excluding hydrogens is 250 g/mol. The van der Waals surface area contributed by atoms with E-state index in [1.54, 1.807) is 0 Å². The smallest absolute Gasteiger partial charge is 0.131 e. The van der Waals surface area contributed by atoms with Crippen LogP contribution in [0.25, 0.3) is 0 Å². The first-order valence-electron chi connectivity index (χ1n) is 7.71. The molecule has 1 aromatic heterocycles. The van der Waals surface area contributed by atoms with E-state index in [0.29, 0.717) is 12.6 Å². The Balaban J connectivity index is 2.95. The van der Waals surface area contributed by atoms with E-state index in [1.165, 1.54) is 11.1 Å². The molecular formula is C16H29N3O. The van der Waals surface area contributed by atoms with Gasteiger partial charge < -0.3 is 15.3 Å². The lowest BCUT2D eigenvalue weighted by Crippen LogP contribution is -2.38. The third-order valence-electron chi connectivity index (χ3n) is 3.68. The monoisotopic (exact) mass is 279 g/mol. The number of aliphatic hydroxyl groups is 1. The Kier molecular flexibility index (Phi) is 7.55. The van der Waals surface area contributed by atoms with Crippen LogP contribution in [0.15, 0.2) is 12.3 Å². The molecule has 0 aliphatic rings. The van der Waals surface area contributed by atoms with Gasteiger partial charge in [-0.3, -0.25) is 0 Å². The number of aromatic nitrogens is 1. The van der Waals surface area contributed by atoms with E-state index >= 15 is 0 Å². The molecule has 2 N–H and O–H groups in total. The summed E-state index contributed by atoms with van der Waals surface area (Å²) in [5.41, 5.74) is 2.39. The van der Waals surface area contributed by atoms with Gasteiger partial charge >= 0.3 is 0 Å². The second-order valence-electron chi connectivity index (χ2n) is 5.15. The Bertz CT molecular complexity index is 391. The predicted octanol–water partition coefficient (Wildman–Crippen LogP) is 2.49. The van der Waals surface area contributed by atoms with Gasteiger partial charge in [-0.1, -0.05) is 20.8 Å². The largest absolute Gasteiger partial charge is 0.395 e. The molecule has 1 rings (SSSR count). The Morgan fingerprint density at radius 2 is 2.00 bits per heavy atom. The van der Waals surface area contributed by atoms with Crippen molar-refractivity contribution in [1.29, 1.82) is 0 Å². The average molecular weight is 279 g/mol. The average Bonchev–Trinajstić information content (AvgIpc) is 2.46. The van der Waals surface area contributed by atoms with Gasteiger partial charge in [-0.05, 0) is 43.5 Å². The van der Waals surface area contributed by atoms with Gasteiger partial charge in [-0.25, -0.2) is 4.98 Å². The zero-order valence-corrected chi connectivity index (χ0v) is 13.3. The van der Waals surface area contributed by atoms with Gasteiger partial charge in [0.2, 0.25) is 0 Å². The fourth-order valence-corrected chi connectivity index (χ4v) is 2.59. The molecule has 0 amide bonds. The first-order chi connectivity index (χ1) is 9.67. The lowest BCUT2D eigenvalue weighted by molar-refractivity contribution is 0.295. The lowest BCUT2D eigenvalue weighted by Gasteiger charge is -2.32. The first kappa shape index (κ1) is 16.9. The standard InChI is InChI=1S/C16H29N3O/c1-5-15(6-2)19(8-9-20)16-13(4)10-14(12-18-16)11-17-7-3/h10,12,15,17,20H,5-9,11H2,1-4H3. The number of aryl methyl sites for hydroxylation is 1. The minimum absolute atomic E-state index is 0.163. The van der Waals surface area contributed by atoms with Crippen molar-refractivity contribution in [3.63, 3.8) is 0 Å². The van der Waals surface area contributed by atoms with Crippen LogP contribution in [0, 0.1) is 6.92 Å². The Morgan fingerprint density at radius 3 is 2.50 bits per heavy atom. The second kappa shape index (κ2) is 8.93. The molecule has 0 bridgehead atoms. The van der Waals surface area contributed by atoms with Crippen LogP contribution in [0.5, 0.6) is 0 Å². The summed E-state index contributed by atoms with van der Waals surface area (Å²) in [6.07, 6.45) is 4.07. The summed E-state index contributed by atoms with van der Waals surface area (Å²) in [6, 6.07) is 2.63. The van der Waals surface area contributed by atoms with Gasteiger partial charge in [0.15, 0.2) is 0 Å². The molecule has 0 aliphatic heterocycles. The zero-order valence-electron chi connectivity index (χ0n) is 13.3. The highest BCUT2D eigenvalue weighted by Crippen LogP contribution is 2.22. The van der Waals surface area contributed by atoms with Crippen LogP contribution in [0.3, 0.4) is 0 Å². The predicted molar refractivity (Wildman–Crippen MR) is 85.2 cm³/mol. The van der Waals surface area contributed by atoms with E-state index in [9.17, 15) is 5.11 Å². The van der Waals surface area contributed by atoms with Crippen LogP contribution in [-0.4, -0.2) is 35.8 Å². The van der Waals surface area contributed by atoms with E-state index in [4.69, 9.17) is 0 Å². The molecule has 0 fully saturated rings. The zero-order chi connectivity index (χ0) is 15.0. The summed E-state index contributed by atoms with van der Waals surface area (Å²) in [7, 11) is 0. The highest BCUT2D eigenvalue weighted by Gasteiger charge is 2.18. The molecule has 0 aliphatic carbocycles. The molecule has 20 heavy (non-hydrogen) atoms. The molecule has 1 aromatic rings. The summed E-state index contributed by atoms with van der Waals surface area (Å²) in [5, 5.41) is 12.6. The van der Waals surface area contributed by atoms with Crippen LogP contribution in [0.2, 0.25) is 0 Å². The number of pyridine rings is 1. The fourth-order valence-electron chi connectivity index (χ4n) is 2.59. The number of rotatable bonds is 9. The van der Waals surface area contributed by atoms with E-state index in [2.05, 4.69) is 49.0 Å². The first-order valence-corrected chi connectivity index (χ1v) is 7.71. The van der Waals surface area contributed by atoms with E-state index in [1.807, 2.05) is 6.20 Å². The van der Waals surface area contributed by atoms with Crippen molar-refractivity contribution in [3.05, 3.63) is 23.4 Å². The van der Waals surface area contributed by atoms with Crippen LogP contribution in [0.4, 0.5) is 5.82 Å². The molecule has 0 aromatic carbocycles. The maximum atomic E-state index is 9.32. The van der Waals surface area contributed by atoms with Gasteiger partial charge in [-0.15, -0.1) is 0 Å². The summed E-state index contributed by atoms with van der Waals surface area (Å²) in [4.78, 5) is 6.88. The molecule has 0 unspecified atom stereocenters. The molecule has 4 heteroatoms. The lowest BCUT2D eigenvalue weighted by atomic mass is 10.1. The van der Waals surface area contributed by atoms with Crippen LogP contribution >= 0.6 is 0 Å². The highest BCUT2D eigenvalue weighted by molar-refractivity contribution is 5.48. The molecule has 0 saturated carbocycles. The summed E-state index contributed by atoms with van der Waals surface area (Å²) >= 11 is 0. The molecule has 4 nitrogen and oxygen atoms in total. The van der Waals surface area contributed by atoms with Crippen LogP contribution in [-0.2, 0) is 6.54 Å². The van der Waals surface area contributed by atoms with Gasteiger partial charge in [-0.2, -0.15) is 0 Å².